The van der Waals surface area contributed by atoms with Crippen LogP contribution in [0.4, 0.5) is 0 Å². The van der Waals surface area contributed by atoms with Crippen molar-refractivity contribution in [3.8, 4) is 0 Å². The zero-order valence-electron chi connectivity index (χ0n) is 12.7. The summed E-state index contributed by atoms with van der Waals surface area (Å²) < 4.78 is 5.48. The zero-order chi connectivity index (χ0) is 13.7. The lowest BCUT2D eigenvalue weighted by atomic mass is 9.68. The van der Waals surface area contributed by atoms with Crippen LogP contribution in [-0.2, 0) is 4.74 Å². The fourth-order valence-corrected chi connectivity index (χ4v) is 3.67. The predicted molar refractivity (Wildman–Crippen MR) is 78.3 cm³/mol. The number of ether oxygens (including phenoxy) is 1. The maximum absolute atomic E-state index is 9.99. The van der Waals surface area contributed by atoms with Crippen molar-refractivity contribution in [2.24, 2.45) is 5.41 Å². The molecule has 0 aromatic rings. The largest absolute Gasteiger partial charge is 0.389 e. The van der Waals surface area contributed by atoms with Crippen LogP contribution in [0.25, 0.3) is 0 Å². The van der Waals surface area contributed by atoms with Crippen LogP contribution in [0.2, 0.25) is 0 Å². The number of likely N-dealkylation sites (tertiary alicyclic amines) is 1. The van der Waals surface area contributed by atoms with Gasteiger partial charge in [-0.15, -0.1) is 0 Å². The molecule has 112 valence electrons. The minimum Gasteiger partial charge on any atom is -0.389 e. The Bertz CT molecular complexity index is 251. The van der Waals surface area contributed by atoms with Gasteiger partial charge in [0.25, 0.3) is 0 Å². The van der Waals surface area contributed by atoms with E-state index in [1.54, 1.807) is 0 Å². The summed E-state index contributed by atoms with van der Waals surface area (Å²) in [4.78, 5) is 2.42. The second kappa shape index (κ2) is 7.05. The van der Waals surface area contributed by atoms with Crippen LogP contribution < -0.4 is 0 Å². The second-order valence-electron chi connectivity index (χ2n) is 6.90. The summed E-state index contributed by atoms with van der Waals surface area (Å²) in [5.74, 6) is 0. The highest BCUT2D eigenvalue weighted by molar-refractivity contribution is 4.88. The lowest BCUT2D eigenvalue weighted by Crippen LogP contribution is -2.44. The number of rotatable bonds is 5. The monoisotopic (exact) mass is 269 g/mol. The Hall–Kier alpha value is -0.120. The summed E-state index contributed by atoms with van der Waals surface area (Å²) in [5, 5.41) is 9.99. The normalized spacial score (nSPS) is 25.9. The van der Waals surface area contributed by atoms with Crippen molar-refractivity contribution in [2.45, 2.75) is 71.0 Å². The highest BCUT2D eigenvalue weighted by Gasteiger charge is 2.35. The number of hydrogen-bond donors (Lipinski definition) is 1. The summed E-state index contributed by atoms with van der Waals surface area (Å²) in [6.45, 7) is 7.61. The van der Waals surface area contributed by atoms with E-state index in [-0.39, 0.29) is 12.2 Å². The van der Waals surface area contributed by atoms with Gasteiger partial charge in [-0.2, -0.15) is 0 Å². The van der Waals surface area contributed by atoms with Crippen LogP contribution in [0.5, 0.6) is 0 Å². The van der Waals surface area contributed by atoms with Crippen LogP contribution in [0.3, 0.4) is 0 Å². The van der Waals surface area contributed by atoms with Gasteiger partial charge in [0, 0.05) is 6.54 Å². The first-order valence-corrected chi connectivity index (χ1v) is 8.12. The minimum absolute atomic E-state index is 0.210. The van der Waals surface area contributed by atoms with Gasteiger partial charge in [-0.25, -0.2) is 0 Å². The SMILES string of the molecule is CC(C)OCC(O)CN1CCC2(CCCCC2)CC1. The molecule has 1 atom stereocenters. The zero-order valence-corrected chi connectivity index (χ0v) is 12.7. The molecular weight excluding hydrogens is 238 g/mol. The fraction of sp³-hybridized carbons (Fsp3) is 1.00. The number of nitrogens with zero attached hydrogens (tertiary/aromatic N) is 1. The van der Waals surface area contributed by atoms with Gasteiger partial charge in [0.05, 0.1) is 18.8 Å². The van der Waals surface area contributed by atoms with Crippen molar-refractivity contribution in [2.75, 3.05) is 26.2 Å². The fourth-order valence-electron chi connectivity index (χ4n) is 3.67. The van der Waals surface area contributed by atoms with Crippen LogP contribution in [-0.4, -0.2) is 48.5 Å². The van der Waals surface area contributed by atoms with Gasteiger partial charge in [0.15, 0.2) is 0 Å². The molecule has 0 bridgehead atoms. The topological polar surface area (TPSA) is 32.7 Å². The van der Waals surface area contributed by atoms with Crippen LogP contribution in [0, 0.1) is 5.41 Å². The van der Waals surface area contributed by atoms with E-state index >= 15 is 0 Å². The van der Waals surface area contributed by atoms with Crippen LogP contribution in [0.1, 0.15) is 58.8 Å². The Morgan fingerprint density at radius 3 is 2.26 bits per heavy atom. The molecule has 0 amide bonds. The van der Waals surface area contributed by atoms with Crippen molar-refractivity contribution < 1.29 is 9.84 Å². The Labute approximate surface area is 118 Å². The van der Waals surface area contributed by atoms with Crippen molar-refractivity contribution >= 4 is 0 Å². The molecule has 2 aliphatic rings. The highest BCUT2D eigenvalue weighted by atomic mass is 16.5. The molecule has 2 rings (SSSR count). The number of aliphatic hydroxyl groups is 1. The third-order valence-electron chi connectivity index (χ3n) is 4.92. The Kier molecular flexibility index (Phi) is 5.67. The van der Waals surface area contributed by atoms with Gasteiger partial charge < -0.3 is 14.7 Å². The molecule has 3 nitrogen and oxygen atoms in total. The Balaban J connectivity index is 1.68. The van der Waals surface area contributed by atoms with Gasteiger partial charge >= 0.3 is 0 Å². The number of β-amino-alcohol motifs (C(OH)–C–C–N with tert-alkyl or cyclic N) is 1. The van der Waals surface area contributed by atoms with E-state index in [2.05, 4.69) is 4.90 Å². The predicted octanol–water partition coefficient (Wildman–Crippen LogP) is 2.82. The van der Waals surface area contributed by atoms with Crippen LogP contribution >= 0.6 is 0 Å². The summed E-state index contributed by atoms with van der Waals surface area (Å²) in [6.07, 6.45) is 9.76. The molecule has 19 heavy (non-hydrogen) atoms. The molecule has 0 aromatic heterocycles. The van der Waals surface area contributed by atoms with E-state index in [0.717, 1.165) is 6.54 Å². The van der Waals surface area contributed by atoms with E-state index in [0.29, 0.717) is 12.0 Å². The van der Waals surface area contributed by atoms with E-state index < -0.39 is 0 Å². The molecule has 1 saturated carbocycles. The molecule has 2 fully saturated rings. The average Bonchev–Trinajstić information content (AvgIpc) is 2.40. The standard InChI is InChI=1S/C16H31NO2/c1-14(2)19-13-15(18)12-17-10-8-16(9-11-17)6-4-3-5-7-16/h14-15,18H,3-13H2,1-2H3. The van der Waals surface area contributed by atoms with Gasteiger partial charge in [0.1, 0.15) is 0 Å². The van der Waals surface area contributed by atoms with E-state index in [9.17, 15) is 5.11 Å². The smallest absolute Gasteiger partial charge is 0.0900 e. The first-order valence-electron chi connectivity index (χ1n) is 8.12. The molecule has 1 heterocycles. The molecule has 1 spiro atoms. The van der Waals surface area contributed by atoms with E-state index in [1.807, 2.05) is 13.8 Å². The van der Waals surface area contributed by atoms with Gasteiger partial charge in [-0.05, 0) is 58.0 Å². The average molecular weight is 269 g/mol. The molecule has 0 aromatic carbocycles. The van der Waals surface area contributed by atoms with Crippen molar-refractivity contribution in [3.05, 3.63) is 0 Å². The van der Waals surface area contributed by atoms with E-state index in [4.69, 9.17) is 4.74 Å². The quantitative estimate of drug-likeness (QED) is 0.833. The second-order valence-corrected chi connectivity index (χ2v) is 6.90. The number of piperidine rings is 1. The molecule has 1 N–H and O–H groups in total. The van der Waals surface area contributed by atoms with E-state index in [1.165, 1.54) is 58.0 Å². The third kappa shape index (κ3) is 4.73. The van der Waals surface area contributed by atoms with Gasteiger partial charge in [-0.3, -0.25) is 0 Å². The summed E-state index contributed by atoms with van der Waals surface area (Å²) >= 11 is 0. The third-order valence-corrected chi connectivity index (χ3v) is 4.92. The summed E-state index contributed by atoms with van der Waals surface area (Å²) in [5.41, 5.74) is 0.661. The number of hydrogen-bond acceptors (Lipinski definition) is 3. The lowest BCUT2D eigenvalue weighted by molar-refractivity contribution is -0.0204. The van der Waals surface area contributed by atoms with Crippen molar-refractivity contribution in [3.63, 3.8) is 0 Å². The first kappa shape index (κ1) is 15.3. The van der Waals surface area contributed by atoms with Gasteiger partial charge in [-0.1, -0.05) is 19.3 Å². The van der Waals surface area contributed by atoms with Crippen molar-refractivity contribution in [1.29, 1.82) is 0 Å². The number of aliphatic hydroxyl groups excluding tert-OH is 1. The maximum Gasteiger partial charge on any atom is 0.0900 e. The molecule has 0 radical (unpaired) electrons. The lowest BCUT2D eigenvalue weighted by Gasteiger charge is -2.44. The molecule has 1 saturated heterocycles. The molecule has 1 unspecified atom stereocenters. The maximum atomic E-state index is 9.99. The minimum atomic E-state index is -0.331. The molecule has 1 aliphatic heterocycles. The van der Waals surface area contributed by atoms with Crippen molar-refractivity contribution in [1.82, 2.24) is 4.90 Å². The summed E-state index contributed by atoms with van der Waals surface area (Å²) in [6, 6.07) is 0. The Morgan fingerprint density at radius 1 is 1.05 bits per heavy atom. The Morgan fingerprint density at radius 2 is 1.68 bits per heavy atom. The highest BCUT2D eigenvalue weighted by Crippen LogP contribution is 2.44. The van der Waals surface area contributed by atoms with Gasteiger partial charge in [0.2, 0.25) is 0 Å². The van der Waals surface area contributed by atoms with Crippen LogP contribution in [0.15, 0.2) is 0 Å². The summed E-state index contributed by atoms with van der Waals surface area (Å²) in [7, 11) is 0. The molecule has 1 aliphatic carbocycles. The molecule has 3 heteroatoms. The first-order chi connectivity index (χ1) is 9.10. The molecular formula is C16H31NO2.